The molecule has 0 bridgehead atoms. The van der Waals surface area contributed by atoms with Gasteiger partial charge < -0.3 is 15.7 Å². The van der Waals surface area contributed by atoms with Crippen molar-refractivity contribution in [3.63, 3.8) is 0 Å². The number of hydrogen-bond acceptors (Lipinski definition) is 3. The molecule has 90 valence electrons. The molecule has 0 saturated heterocycles. The van der Waals surface area contributed by atoms with Crippen LogP contribution in [0.4, 0.5) is 20.2 Å². The molecular formula is C11H16F2N2O. The van der Waals surface area contributed by atoms with Crippen molar-refractivity contribution in [2.45, 2.75) is 19.4 Å². The van der Waals surface area contributed by atoms with E-state index >= 15 is 0 Å². The van der Waals surface area contributed by atoms with E-state index in [4.69, 9.17) is 10.8 Å². The highest BCUT2D eigenvalue weighted by Crippen LogP contribution is 2.29. The molecule has 5 heteroatoms. The van der Waals surface area contributed by atoms with Gasteiger partial charge in [0.1, 0.15) is 5.69 Å². The lowest BCUT2D eigenvalue weighted by Crippen LogP contribution is -2.45. The van der Waals surface area contributed by atoms with E-state index < -0.39 is 17.2 Å². The molecule has 0 saturated carbocycles. The maximum atomic E-state index is 13.6. The minimum atomic E-state index is -0.752. The molecule has 3 N–H and O–H groups in total. The highest BCUT2D eigenvalue weighted by atomic mass is 19.1. The molecule has 0 aliphatic rings. The minimum Gasteiger partial charge on any atom is -0.399 e. The third kappa shape index (κ3) is 2.24. The van der Waals surface area contributed by atoms with E-state index in [1.165, 1.54) is 11.9 Å². The van der Waals surface area contributed by atoms with Crippen LogP contribution in [0, 0.1) is 11.6 Å². The molecule has 0 spiro atoms. The topological polar surface area (TPSA) is 49.5 Å². The zero-order valence-corrected chi connectivity index (χ0v) is 9.59. The molecule has 16 heavy (non-hydrogen) atoms. The summed E-state index contributed by atoms with van der Waals surface area (Å²) in [5.74, 6) is -1.47. The zero-order chi connectivity index (χ0) is 12.5. The Morgan fingerprint density at radius 2 is 1.75 bits per heavy atom. The largest absolute Gasteiger partial charge is 0.399 e. The van der Waals surface area contributed by atoms with E-state index in [-0.39, 0.29) is 18.0 Å². The van der Waals surface area contributed by atoms with Crippen LogP contribution < -0.4 is 10.6 Å². The van der Waals surface area contributed by atoms with Gasteiger partial charge in [-0.15, -0.1) is 0 Å². The zero-order valence-electron chi connectivity index (χ0n) is 9.59. The van der Waals surface area contributed by atoms with Crippen molar-refractivity contribution in [2.75, 3.05) is 24.3 Å². The van der Waals surface area contributed by atoms with E-state index in [9.17, 15) is 8.78 Å². The van der Waals surface area contributed by atoms with E-state index in [2.05, 4.69) is 0 Å². The van der Waals surface area contributed by atoms with Crippen LogP contribution in [0.25, 0.3) is 0 Å². The van der Waals surface area contributed by atoms with Crippen LogP contribution >= 0.6 is 0 Å². The summed E-state index contributed by atoms with van der Waals surface area (Å²) in [6.07, 6.45) is 0. The van der Waals surface area contributed by atoms with Crippen LogP contribution in [0.2, 0.25) is 0 Å². The fraction of sp³-hybridized carbons (Fsp3) is 0.455. The predicted molar refractivity (Wildman–Crippen MR) is 60.3 cm³/mol. The fourth-order valence-electron chi connectivity index (χ4n) is 1.31. The number of rotatable bonds is 3. The molecule has 1 aromatic carbocycles. The van der Waals surface area contributed by atoms with Crippen molar-refractivity contribution < 1.29 is 13.9 Å². The monoisotopic (exact) mass is 230 g/mol. The number of nitrogens with two attached hydrogens (primary N) is 1. The Balaban J connectivity index is 3.24. The smallest absolute Gasteiger partial charge is 0.151 e. The lowest BCUT2D eigenvalue weighted by Gasteiger charge is -2.36. The molecule has 3 nitrogen and oxygen atoms in total. The highest BCUT2D eigenvalue weighted by molar-refractivity contribution is 5.56. The molecule has 0 atom stereocenters. The second-order valence-corrected chi connectivity index (χ2v) is 4.36. The van der Waals surface area contributed by atoms with Gasteiger partial charge in [0.15, 0.2) is 11.6 Å². The summed E-state index contributed by atoms with van der Waals surface area (Å²) < 4.78 is 27.2. The summed E-state index contributed by atoms with van der Waals surface area (Å²) in [7, 11) is 1.52. The quantitative estimate of drug-likeness (QED) is 0.778. The van der Waals surface area contributed by atoms with E-state index in [0.29, 0.717) is 0 Å². The number of hydrogen-bond donors (Lipinski definition) is 2. The molecular weight excluding hydrogens is 214 g/mol. The van der Waals surface area contributed by atoms with Gasteiger partial charge in [-0.05, 0) is 26.0 Å². The van der Waals surface area contributed by atoms with Crippen molar-refractivity contribution in [1.82, 2.24) is 0 Å². The summed E-state index contributed by atoms with van der Waals surface area (Å²) in [6, 6.07) is 2.12. The van der Waals surface area contributed by atoms with Crippen LogP contribution in [0.3, 0.4) is 0 Å². The third-order valence-electron chi connectivity index (χ3n) is 2.67. The first-order valence-electron chi connectivity index (χ1n) is 4.89. The Bertz CT molecular complexity index is 371. The maximum Gasteiger partial charge on any atom is 0.151 e. The van der Waals surface area contributed by atoms with E-state index in [1.54, 1.807) is 13.8 Å². The van der Waals surface area contributed by atoms with Gasteiger partial charge in [0.25, 0.3) is 0 Å². The fourth-order valence-corrected chi connectivity index (χ4v) is 1.31. The van der Waals surface area contributed by atoms with Crippen molar-refractivity contribution in [3.8, 4) is 0 Å². The van der Waals surface area contributed by atoms with Gasteiger partial charge in [0.05, 0.1) is 12.1 Å². The molecule has 0 aliphatic carbocycles. The standard InChI is InChI=1S/C11H16F2N2O/c1-11(2,6-16)15(3)10-8(12)4-7(14)5-9(10)13/h4-5,16H,6,14H2,1-3H3. The van der Waals surface area contributed by atoms with E-state index in [1.807, 2.05) is 0 Å². The summed E-state index contributed by atoms with van der Waals surface area (Å²) in [6.45, 7) is 3.15. The summed E-state index contributed by atoms with van der Waals surface area (Å²) in [4.78, 5) is 1.36. The normalized spacial score (nSPS) is 11.6. The van der Waals surface area contributed by atoms with Crippen LogP contribution in [0.1, 0.15) is 13.8 Å². The lowest BCUT2D eigenvalue weighted by atomic mass is 10.0. The first-order valence-corrected chi connectivity index (χ1v) is 4.89. The van der Waals surface area contributed by atoms with Crippen molar-refractivity contribution in [2.24, 2.45) is 0 Å². The van der Waals surface area contributed by atoms with Gasteiger partial charge in [0, 0.05) is 12.7 Å². The average Bonchev–Trinajstić information content (AvgIpc) is 2.15. The van der Waals surface area contributed by atoms with Crippen LogP contribution in [-0.2, 0) is 0 Å². The Morgan fingerprint density at radius 3 is 2.12 bits per heavy atom. The van der Waals surface area contributed by atoms with Gasteiger partial charge >= 0.3 is 0 Å². The molecule has 1 rings (SSSR count). The molecule has 0 radical (unpaired) electrons. The van der Waals surface area contributed by atoms with Crippen LogP contribution in [-0.4, -0.2) is 24.3 Å². The highest BCUT2D eigenvalue weighted by Gasteiger charge is 2.27. The number of aliphatic hydroxyl groups excluding tert-OH is 1. The lowest BCUT2D eigenvalue weighted by molar-refractivity contribution is 0.215. The van der Waals surface area contributed by atoms with Crippen LogP contribution in [0.15, 0.2) is 12.1 Å². The second-order valence-electron chi connectivity index (χ2n) is 4.36. The number of benzene rings is 1. The van der Waals surface area contributed by atoms with Crippen molar-refractivity contribution >= 4 is 11.4 Å². The van der Waals surface area contributed by atoms with Gasteiger partial charge in [0.2, 0.25) is 0 Å². The Hall–Kier alpha value is -1.36. The molecule has 1 aromatic rings. The number of likely N-dealkylation sites (N-methyl/N-ethyl adjacent to an activating group) is 1. The second kappa shape index (κ2) is 4.25. The number of nitrogen functional groups attached to an aromatic ring is 1. The predicted octanol–water partition coefficient (Wildman–Crippen LogP) is 1.75. The van der Waals surface area contributed by atoms with E-state index in [0.717, 1.165) is 12.1 Å². The maximum absolute atomic E-state index is 13.6. The third-order valence-corrected chi connectivity index (χ3v) is 2.67. The SMILES string of the molecule is CN(c1c(F)cc(N)cc1F)C(C)(C)CO. The molecule has 0 fully saturated rings. The molecule has 0 aliphatic heterocycles. The number of nitrogens with zero attached hydrogens (tertiary/aromatic N) is 1. The Kier molecular flexibility index (Phi) is 3.38. The first-order chi connectivity index (χ1) is 7.29. The number of aliphatic hydroxyl groups is 1. The Labute approximate surface area is 93.5 Å². The Morgan fingerprint density at radius 1 is 1.31 bits per heavy atom. The van der Waals surface area contributed by atoms with Crippen LogP contribution in [0.5, 0.6) is 0 Å². The molecule has 0 aromatic heterocycles. The summed E-state index contributed by atoms with van der Waals surface area (Å²) in [5, 5.41) is 9.15. The molecule has 0 amide bonds. The first kappa shape index (κ1) is 12.7. The molecule has 0 unspecified atom stereocenters. The minimum absolute atomic E-state index is 0.0361. The number of anilines is 2. The van der Waals surface area contributed by atoms with Crippen molar-refractivity contribution in [3.05, 3.63) is 23.8 Å². The average molecular weight is 230 g/mol. The van der Waals surface area contributed by atoms with Crippen molar-refractivity contribution in [1.29, 1.82) is 0 Å². The van der Waals surface area contributed by atoms with Gasteiger partial charge in [-0.1, -0.05) is 0 Å². The van der Waals surface area contributed by atoms with Gasteiger partial charge in [-0.2, -0.15) is 0 Å². The van der Waals surface area contributed by atoms with Gasteiger partial charge in [-0.3, -0.25) is 0 Å². The summed E-state index contributed by atoms with van der Waals surface area (Å²) in [5.41, 5.74) is 4.42. The summed E-state index contributed by atoms with van der Waals surface area (Å²) >= 11 is 0. The number of halogens is 2. The van der Waals surface area contributed by atoms with Gasteiger partial charge in [-0.25, -0.2) is 8.78 Å². The molecule has 0 heterocycles.